The molecule has 1 aromatic carbocycles. The number of nitriles is 1. The number of aromatic nitrogens is 4. The van der Waals surface area contributed by atoms with Crippen molar-refractivity contribution in [3.8, 4) is 23.3 Å². The fraction of sp³-hybridized carbons (Fsp3) is 0.167. The fourth-order valence-corrected chi connectivity index (χ4v) is 2.48. The Morgan fingerprint density at radius 2 is 1.92 bits per heavy atom. The molecular formula is C18H15N5O2. The van der Waals surface area contributed by atoms with Gasteiger partial charge in [-0.15, -0.1) is 10.2 Å². The van der Waals surface area contributed by atoms with E-state index in [0.717, 1.165) is 5.56 Å². The average Bonchev–Trinajstić information content (AvgIpc) is 3.04. The van der Waals surface area contributed by atoms with Crippen LogP contribution in [0.3, 0.4) is 0 Å². The molecule has 1 atom stereocenters. The number of hydrogen-bond donors (Lipinski definition) is 0. The molecule has 0 aliphatic heterocycles. The van der Waals surface area contributed by atoms with Gasteiger partial charge >= 0.3 is 0 Å². The van der Waals surface area contributed by atoms with E-state index < -0.39 is 11.7 Å². The van der Waals surface area contributed by atoms with Crippen molar-refractivity contribution < 1.29 is 9.53 Å². The van der Waals surface area contributed by atoms with Gasteiger partial charge in [0, 0.05) is 18.7 Å². The van der Waals surface area contributed by atoms with E-state index in [-0.39, 0.29) is 11.5 Å². The summed E-state index contributed by atoms with van der Waals surface area (Å²) in [5.74, 6) is -0.380. The molecule has 25 heavy (non-hydrogen) atoms. The highest BCUT2D eigenvalue weighted by atomic mass is 16.5. The minimum Gasteiger partial charge on any atom is -0.481 e. The zero-order valence-electron chi connectivity index (χ0n) is 13.7. The molecule has 0 radical (unpaired) electrons. The number of Topliss-reactive ketones (excluding diaryl/α,β-unsaturated/α-hetero) is 1. The van der Waals surface area contributed by atoms with Crippen LogP contribution in [-0.4, -0.2) is 32.6 Å². The van der Waals surface area contributed by atoms with Crippen molar-refractivity contribution >= 4 is 5.78 Å². The van der Waals surface area contributed by atoms with Crippen LogP contribution in [0.2, 0.25) is 0 Å². The molecule has 0 fully saturated rings. The number of ether oxygens (including phenoxy) is 1. The third kappa shape index (κ3) is 3.10. The normalized spacial score (nSPS) is 11.6. The molecule has 2 heterocycles. The van der Waals surface area contributed by atoms with E-state index in [1.807, 2.05) is 36.4 Å². The number of benzene rings is 1. The minimum absolute atomic E-state index is 0.148. The van der Waals surface area contributed by atoms with Crippen molar-refractivity contribution in [3.05, 3.63) is 60.0 Å². The van der Waals surface area contributed by atoms with E-state index in [9.17, 15) is 10.1 Å². The first-order valence-corrected chi connectivity index (χ1v) is 7.55. The van der Waals surface area contributed by atoms with Gasteiger partial charge in [0.25, 0.3) is 0 Å². The summed E-state index contributed by atoms with van der Waals surface area (Å²) in [6.07, 6.45) is 0. The fourth-order valence-electron chi connectivity index (χ4n) is 2.48. The molecule has 0 aliphatic carbocycles. The summed E-state index contributed by atoms with van der Waals surface area (Å²) in [4.78, 5) is 16.8. The third-order valence-electron chi connectivity index (χ3n) is 3.78. The maximum atomic E-state index is 12.7. The van der Waals surface area contributed by atoms with Crippen LogP contribution in [0.5, 0.6) is 5.88 Å². The van der Waals surface area contributed by atoms with Gasteiger partial charge in [0.15, 0.2) is 17.6 Å². The summed E-state index contributed by atoms with van der Waals surface area (Å²) in [6, 6.07) is 16.3. The molecule has 7 heteroatoms. The topological polar surface area (TPSA) is 93.7 Å². The number of methoxy groups -OCH3 is 1. The lowest BCUT2D eigenvalue weighted by Gasteiger charge is -2.09. The number of pyridine rings is 1. The quantitative estimate of drug-likeness (QED) is 0.665. The number of ketones is 1. The molecule has 2 aromatic heterocycles. The molecule has 3 aromatic rings. The zero-order valence-corrected chi connectivity index (χ0v) is 13.7. The van der Waals surface area contributed by atoms with Gasteiger partial charge in [-0.2, -0.15) is 5.26 Å². The van der Waals surface area contributed by atoms with E-state index in [4.69, 9.17) is 4.74 Å². The highest BCUT2D eigenvalue weighted by Crippen LogP contribution is 2.23. The Labute approximate surface area is 144 Å². The van der Waals surface area contributed by atoms with Crippen molar-refractivity contribution in [1.82, 2.24) is 19.7 Å². The van der Waals surface area contributed by atoms with E-state index in [0.29, 0.717) is 11.7 Å². The Kier molecular flexibility index (Phi) is 4.53. The number of hydrogen-bond acceptors (Lipinski definition) is 6. The smallest absolute Gasteiger partial charge is 0.213 e. The largest absolute Gasteiger partial charge is 0.481 e. The second-order valence-corrected chi connectivity index (χ2v) is 5.30. The van der Waals surface area contributed by atoms with Crippen LogP contribution in [0.25, 0.3) is 11.4 Å². The zero-order chi connectivity index (χ0) is 17.8. The molecule has 0 saturated carbocycles. The maximum Gasteiger partial charge on any atom is 0.213 e. The predicted octanol–water partition coefficient (Wildman–Crippen LogP) is 2.38. The van der Waals surface area contributed by atoms with Gasteiger partial charge in [0.1, 0.15) is 5.69 Å². The molecule has 0 N–H and O–H groups in total. The molecule has 124 valence electrons. The first kappa shape index (κ1) is 16.3. The lowest BCUT2D eigenvalue weighted by atomic mass is 10.0. The summed E-state index contributed by atoms with van der Waals surface area (Å²) >= 11 is 0. The molecule has 0 saturated heterocycles. The van der Waals surface area contributed by atoms with Crippen LogP contribution in [0, 0.1) is 11.3 Å². The molecule has 7 nitrogen and oxygen atoms in total. The van der Waals surface area contributed by atoms with Gasteiger partial charge in [-0.3, -0.25) is 4.79 Å². The second kappa shape index (κ2) is 6.93. The SMILES string of the molecule is COc1cccc(C(=O)[C@@H](C#N)c2nnc(-c3ccccc3)n2C)n1. The Balaban J connectivity index is 1.98. The van der Waals surface area contributed by atoms with Crippen molar-refractivity contribution in [2.24, 2.45) is 7.05 Å². The molecule has 3 rings (SSSR count). The van der Waals surface area contributed by atoms with E-state index in [2.05, 4.69) is 15.2 Å². The summed E-state index contributed by atoms with van der Waals surface area (Å²) in [5.41, 5.74) is 1.00. The molecule has 0 aliphatic rings. The van der Waals surface area contributed by atoms with Gasteiger partial charge in [0.05, 0.1) is 13.2 Å². The highest BCUT2D eigenvalue weighted by molar-refractivity contribution is 6.00. The molecule has 0 amide bonds. The summed E-state index contributed by atoms with van der Waals surface area (Å²) in [5, 5.41) is 17.7. The van der Waals surface area contributed by atoms with Crippen LogP contribution in [-0.2, 0) is 7.05 Å². The predicted molar refractivity (Wildman–Crippen MR) is 89.9 cm³/mol. The van der Waals surface area contributed by atoms with Gasteiger partial charge < -0.3 is 9.30 Å². The molecule has 0 unspecified atom stereocenters. The lowest BCUT2D eigenvalue weighted by molar-refractivity contribution is 0.0969. The van der Waals surface area contributed by atoms with E-state index in [1.54, 1.807) is 29.8 Å². The van der Waals surface area contributed by atoms with Crippen molar-refractivity contribution in [2.75, 3.05) is 7.11 Å². The first-order chi connectivity index (χ1) is 12.2. The van der Waals surface area contributed by atoms with E-state index in [1.165, 1.54) is 7.11 Å². The Morgan fingerprint density at radius 1 is 1.16 bits per heavy atom. The van der Waals surface area contributed by atoms with Crippen LogP contribution >= 0.6 is 0 Å². The molecule has 0 spiro atoms. The standard InChI is InChI=1S/C18H15N5O2/c1-23-17(12-7-4-3-5-8-12)21-22-18(23)13(11-19)16(24)14-9-6-10-15(20-14)25-2/h3-10,13H,1-2H3/t13-/m1/s1. The summed E-state index contributed by atoms with van der Waals surface area (Å²) in [6.45, 7) is 0. The Morgan fingerprint density at radius 3 is 2.60 bits per heavy atom. The minimum atomic E-state index is -1.10. The Hall–Kier alpha value is -3.53. The van der Waals surface area contributed by atoms with Gasteiger partial charge in [0.2, 0.25) is 11.7 Å². The van der Waals surface area contributed by atoms with Gasteiger partial charge in [-0.1, -0.05) is 36.4 Å². The monoisotopic (exact) mass is 333 g/mol. The van der Waals surface area contributed by atoms with Crippen LogP contribution in [0.4, 0.5) is 0 Å². The molecular weight excluding hydrogens is 318 g/mol. The average molecular weight is 333 g/mol. The van der Waals surface area contributed by atoms with Gasteiger partial charge in [-0.05, 0) is 6.07 Å². The van der Waals surface area contributed by atoms with E-state index >= 15 is 0 Å². The van der Waals surface area contributed by atoms with Crippen LogP contribution in [0.1, 0.15) is 22.2 Å². The van der Waals surface area contributed by atoms with Gasteiger partial charge in [-0.25, -0.2) is 4.98 Å². The van der Waals surface area contributed by atoms with Crippen molar-refractivity contribution in [1.29, 1.82) is 5.26 Å². The second-order valence-electron chi connectivity index (χ2n) is 5.30. The summed E-state index contributed by atoms with van der Waals surface area (Å²) < 4.78 is 6.68. The van der Waals surface area contributed by atoms with Crippen molar-refractivity contribution in [2.45, 2.75) is 5.92 Å². The molecule has 0 bridgehead atoms. The number of rotatable bonds is 5. The summed E-state index contributed by atoms with van der Waals surface area (Å²) in [7, 11) is 3.20. The number of nitrogens with zero attached hydrogens (tertiary/aromatic N) is 5. The first-order valence-electron chi connectivity index (χ1n) is 7.55. The van der Waals surface area contributed by atoms with Crippen molar-refractivity contribution in [3.63, 3.8) is 0 Å². The Bertz CT molecular complexity index is 944. The van der Waals surface area contributed by atoms with Crippen LogP contribution < -0.4 is 4.74 Å². The third-order valence-corrected chi connectivity index (χ3v) is 3.78. The lowest BCUT2D eigenvalue weighted by Crippen LogP contribution is -2.17. The highest BCUT2D eigenvalue weighted by Gasteiger charge is 2.29. The van der Waals surface area contributed by atoms with Crippen LogP contribution in [0.15, 0.2) is 48.5 Å². The number of carbonyl (C=O) groups excluding carboxylic acids is 1. The number of carbonyl (C=O) groups is 1. The maximum absolute atomic E-state index is 12.7.